The van der Waals surface area contributed by atoms with Crippen molar-refractivity contribution < 1.29 is 9.90 Å². The molecule has 0 fully saturated rings. The van der Waals surface area contributed by atoms with Gasteiger partial charge in [0.15, 0.2) is 0 Å². The maximum atomic E-state index is 10.4. The van der Waals surface area contributed by atoms with Crippen molar-refractivity contribution in [1.82, 2.24) is 0 Å². The van der Waals surface area contributed by atoms with Gasteiger partial charge in [0.25, 0.3) is 0 Å². The Morgan fingerprint density at radius 3 is 2.62 bits per heavy atom. The van der Waals surface area contributed by atoms with Gasteiger partial charge in [-0.25, -0.2) is 0 Å². The van der Waals surface area contributed by atoms with Crippen LogP contribution in [-0.2, 0) is 4.79 Å². The summed E-state index contributed by atoms with van der Waals surface area (Å²) in [7, 11) is 0. The van der Waals surface area contributed by atoms with E-state index in [2.05, 4.69) is 0 Å². The van der Waals surface area contributed by atoms with E-state index in [1.807, 2.05) is 37.3 Å². The van der Waals surface area contributed by atoms with Crippen molar-refractivity contribution >= 4 is 17.7 Å². The molecule has 0 aliphatic heterocycles. The molecule has 0 unspecified atom stereocenters. The number of aliphatic carboxylic acids is 1. The zero-order chi connectivity index (χ0) is 9.68. The minimum atomic E-state index is -0.740. The Morgan fingerprint density at radius 2 is 2.08 bits per heavy atom. The minimum absolute atomic E-state index is 0.125. The summed E-state index contributed by atoms with van der Waals surface area (Å²) < 4.78 is 0. The lowest BCUT2D eigenvalue weighted by atomic mass is 10.3. The minimum Gasteiger partial charge on any atom is -0.481 e. The predicted molar refractivity (Wildman–Crippen MR) is 54.0 cm³/mol. The van der Waals surface area contributed by atoms with E-state index in [9.17, 15) is 4.79 Å². The Bertz CT molecular complexity index is 272. The number of benzene rings is 1. The van der Waals surface area contributed by atoms with Crippen LogP contribution in [0.5, 0.6) is 0 Å². The Labute approximate surface area is 82.0 Å². The number of hydrogen-bond donors (Lipinski definition) is 1. The second-order valence-corrected chi connectivity index (χ2v) is 4.35. The largest absolute Gasteiger partial charge is 0.481 e. The third-order valence-corrected chi connectivity index (χ3v) is 2.66. The van der Waals surface area contributed by atoms with Crippen molar-refractivity contribution in [2.45, 2.75) is 23.5 Å². The molecule has 1 rings (SSSR count). The van der Waals surface area contributed by atoms with Crippen LogP contribution in [-0.4, -0.2) is 16.3 Å². The molecule has 3 heteroatoms. The lowest BCUT2D eigenvalue weighted by Gasteiger charge is -2.07. The molecule has 2 nitrogen and oxygen atoms in total. The summed E-state index contributed by atoms with van der Waals surface area (Å²) in [6.07, 6.45) is 0.208. The lowest BCUT2D eigenvalue weighted by Crippen LogP contribution is -2.05. The van der Waals surface area contributed by atoms with Crippen LogP contribution in [0, 0.1) is 0 Å². The van der Waals surface area contributed by atoms with Crippen molar-refractivity contribution in [3.05, 3.63) is 30.3 Å². The van der Waals surface area contributed by atoms with Gasteiger partial charge in [0.2, 0.25) is 0 Å². The summed E-state index contributed by atoms with van der Waals surface area (Å²) in [6.45, 7) is 1.92. The quantitative estimate of drug-likeness (QED) is 0.752. The van der Waals surface area contributed by atoms with E-state index in [4.69, 9.17) is 5.11 Å². The van der Waals surface area contributed by atoms with Gasteiger partial charge in [0.05, 0.1) is 6.42 Å². The summed E-state index contributed by atoms with van der Waals surface area (Å²) in [6, 6.07) is 9.84. The zero-order valence-electron chi connectivity index (χ0n) is 7.43. The van der Waals surface area contributed by atoms with Gasteiger partial charge >= 0.3 is 5.97 Å². The number of carboxylic acid groups (broad SMARTS) is 1. The normalized spacial score (nSPS) is 12.4. The molecule has 0 aromatic heterocycles. The third-order valence-electron chi connectivity index (χ3n) is 1.54. The zero-order valence-corrected chi connectivity index (χ0v) is 8.25. The summed E-state index contributed by atoms with van der Waals surface area (Å²) in [5.74, 6) is -0.740. The highest BCUT2D eigenvalue weighted by molar-refractivity contribution is 8.00. The molecule has 13 heavy (non-hydrogen) atoms. The van der Waals surface area contributed by atoms with Crippen molar-refractivity contribution in [2.75, 3.05) is 0 Å². The fourth-order valence-corrected chi connectivity index (χ4v) is 2.02. The molecule has 0 aliphatic carbocycles. The van der Waals surface area contributed by atoms with Crippen LogP contribution < -0.4 is 0 Å². The molecule has 1 aromatic rings. The fraction of sp³-hybridized carbons (Fsp3) is 0.300. The van der Waals surface area contributed by atoms with Crippen molar-refractivity contribution in [1.29, 1.82) is 0 Å². The number of thioether (sulfide) groups is 1. The van der Waals surface area contributed by atoms with Crippen LogP contribution in [0.25, 0.3) is 0 Å². The van der Waals surface area contributed by atoms with Gasteiger partial charge < -0.3 is 5.11 Å². The Balaban J connectivity index is 2.45. The van der Waals surface area contributed by atoms with E-state index >= 15 is 0 Å². The second kappa shape index (κ2) is 4.92. The summed E-state index contributed by atoms with van der Waals surface area (Å²) in [5.41, 5.74) is 0. The molecule has 0 spiro atoms. The predicted octanol–water partition coefficient (Wildman–Crippen LogP) is 2.64. The first-order valence-corrected chi connectivity index (χ1v) is 5.00. The number of carbonyl (C=O) groups is 1. The maximum absolute atomic E-state index is 10.4. The van der Waals surface area contributed by atoms with E-state index in [1.165, 1.54) is 0 Å². The topological polar surface area (TPSA) is 37.3 Å². The highest BCUT2D eigenvalue weighted by Crippen LogP contribution is 2.24. The first-order chi connectivity index (χ1) is 6.18. The number of rotatable bonds is 4. The van der Waals surface area contributed by atoms with E-state index in [0.29, 0.717) is 0 Å². The monoisotopic (exact) mass is 196 g/mol. The molecule has 0 saturated carbocycles. The van der Waals surface area contributed by atoms with Gasteiger partial charge in [0.1, 0.15) is 0 Å². The smallest absolute Gasteiger partial charge is 0.304 e. The van der Waals surface area contributed by atoms with E-state index in [-0.39, 0.29) is 11.7 Å². The van der Waals surface area contributed by atoms with Crippen LogP contribution in [0.3, 0.4) is 0 Å². The molecule has 0 heterocycles. The molecular weight excluding hydrogens is 184 g/mol. The molecular formula is C10H12O2S. The van der Waals surface area contributed by atoms with Crippen molar-refractivity contribution in [2.24, 2.45) is 0 Å². The Kier molecular flexibility index (Phi) is 3.83. The first-order valence-electron chi connectivity index (χ1n) is 4.12. The van der Waals surface area contributed by atoms with E-state index in [1.54, 1.807) is 11.8 Å². The van der Waals surface area contributed by atoms with Crippen LogP contribution in [0.4, 0.5) is 0 Å². The fourth-order valence-electron chi connectivity index (χ4n) is 1.02. The highest BCUT2D eigenvalue weighted by atomic mass is 32.2. The number of carboxylic acids is 1. The van der Waals surface area contributed by atoms with E-state index in [0.717, 1.165) is 4.90 Å². The molecule has 1 atom stereocenters. The third kappa shape index (κ3) is 3.99. The van der Waals surface area contributed by atoms with Crippen LogP contribution in [0.2, 0.25) is 0 Å². The SMILES string of the molecule is C[C@@H](CC(=O)O)Sc1ccccc1. The molecule has 0 amide bonds. The summed E-state index contributed by atoms with van der Waals surface area (Å²) in [5, 5.41) is 8.67. The van der Waals surface area contributed by atoms with Gasteiger partial charge in [-0.05, 0) is 12.1 Å². The highest BCUT2D eigenvalue weighted by Gasteiger charge is 2.08. The molecule has 1 aromatic carbocycles. The molecule has 0 saturated heterocycles. The Hall–Kier alpha value is -0.960. The van der Waals surface area contributed by atoms with Gasteiger partial charge in [0, 0.05) is 10.1 Å². The summed E-state index contributed by atoms with van der Waals surface area (Å²) in [4.78, 5) is 11.5. The average molecular weight is 196 g/mol. The average Bonchev–Trinajstić information content (AvgIpc) is 2.04. The molecule has 0 bridgehead atoms. The van der Waals surface area contributed by atoms with Gasteiger partial charge in [-0.2, -0.15) is 0 Å². The first kappa shape index (κ1) is 10.1. The molecule has 0 aliphatic rings. The van der Waals surface area contributed by atoms with Crippen LogP contribution in [0.1, 0.15) is 13.3 Å². The summed E-state index contributed by atoms with van der Waals surface area (Å²) >= 11 is 1.59. The Morgan fingerprint density at radius 1 is 1.46 bits per heavy atom. The number of hydrogen-bond acceptors (Lipinski definition) is 2. The van der Waals surface area contributed by atoms with E-state index < -0.39 is 5.97 Å². The molecule has 0 radical (unpaired) electrons. The second-order valence-electron chi connectivity index (χ2n) is 2.84. The van der Waals surface area contributed by atoms with Gasteiger partial charge in [-0.3, -0.25) is 4.79 Å². The molecule has 70 valence electrons. The van der Waals surface area contributed by atoms with Crippen molar-refractivity contribution in [3.63, 3.8) is 0 Å². The lowest BCUT2D eigenvalue weighted by molar-refractivity contribution is -0.136. The van der Waals surface area contributed by atoms with Gasteiger partial charge in [-0.1, -0.05) is 25.1 Å². The van der Waals surface area contributed by atoms with Crippen molar-refractivity contribution in [3.8, 4) is 0 Å². The van der Waals surface area contributed by atoms with Crippen LogP contribution in [0.15, 0.2) is 35.2 Å². The molecule has 1 N–H and O–H groups in total. The maximum Gasteiger partial charge on any atom is 0.304 e. The standard InChI is InChI=1S/C10H12O2S/c1-8(7-10(11)12)13-9-5-3-2-4-6-9/h2-6,8H,7H2,1H3,(H,11,12)/t8-/m0/s1. The van der Waals surface area contributed by atoms with Gasteiger partial charge in [-0.15, -0.1) is 11.8 Å². The van der Waals surface area contributed by atoms with Crippen LogP contribution >= 0.6 is 11.8 Å².